The number of carboxylic acid groups (broad SMARTS) is 1. The predicted molar refractivity (Wildman–Crippen MR) is 71.5 cm³/mol. The van der Waals surface area contributed by atoms with Gasteiger partial charge in [0.1, 0.15) is 0 Å². The number of rotatable bonds is 4. The molecule has 0 saturated heterocycles. The zero-order valence-electron chi connectivity index (χ0n) is 11.7. The Morgan fingerprint density at radius 3 is 2.17 bits per heavy atom. The van der Waals surface area contributed by atoms with Gasteiger partial charge in [0.2, 0.25) is 11.5 Å². The maximum absolute atomic E-state index is 11.3. The minimum Gasteiger partial charge on any atom is -0.505 e. The largest absolute Gasteiger partial charge is 0.505 e. The van der Waals surface area contributed by atoms with Crippen LogP contribution in [0.5, 0.6) is 17.2 Å². The second-order valence-electron chi connectivity index (χ2n) is 4.92. The van der Waals surface area contributed by atoms with E-state index in [-0.39, 0.29) is 0 Å². The summed E-state index contributed by atoms with van der Waals surface area (Å²) in [6.07, 6.45) is -2.18. The summed E-state index contributed by atoms with van der Waals surface area (Å²) in [5.74, 6) is -9.37. The van der Waals surface area contributed by atoms with E-state index in [0.717, 1.165) is 0 Å². The minimum absolute atomic E-state index is 0.463. The first-order chi connectivity index (χ1) is 11.1. The van der Waals surface area contributed by atoms with Crippen LogP contribution in [0, 0.1) is 0 Å². The zero-order valence-corrected chi connectivity index (χ0v) is 11.7. The van der Waals surface area contributed by atoms with E-state index in [1.165, 1.54) is 0 Å². The molecule has 2 rings (SSSR count). The molecule has 1 aromatic rings. The van der Waals surface area contributed by atoms with Gasteiger partial charge in [-0.15, -0.1) is 0 Å². The Morgan fingerprint density at radius 1 is 1.17 bits per heavy atom. The van der Waals surface area contributed by atoms with Crippen molar-refractivity contribution in [2.45, 2.75) is 11.7 Å². The van der Waals surface area contributed by atoms with Gasteiger partial charge in [-0.3, -0.25) is 0 Å². The third-order valence-corrected chi connectivity index (χ3v) is 3.50. The van der Waals surface area contributed by atoms with Crippen LogP contribution in [-0.2, 0) is 15.1 Å². The lowest BCUT2D eigenvalue weighted by molar-refractivity contribution is -0.161. The number of phenols is 3. The second-order valence-corrected chi connectivity index (χ2v) is 4.92. The fourth-order valence-corrected chi connectivity index (χ4v) is 2.32. The molecule has 1 aliphatic heterocycles. The number of aromatic hydroxyl groups is 3. The molecule has 24 heavy (non-hydrogen) atoms. The monoisotopic (exact) mass is 344 g/mol. The molecular weight excluding hydrogens is 332 g/mol. The van der Waals surface area contributed by atoms with Crippen molar-refractivity contribution in [3.63, 3.8) is 0 Å². The number of hydrogen-bond donors (Lipinski definition) is 8. The van der Waals surface area contributed by atoms with Crippen molar-refractivity contribution in [1.82, 2.24) is 0 Å². The van der Waals surface area contributed by atoms with E-state index >= 15 is 0 Å². The van der Waals surface area contributed by atoms with Gasteiger partial charge in [0, 0.05) is 0 Å². The van der Waals surface area contributed by atoms with E-state index in [1.807, 2.05) is 0 Å². The van der Waals surface area contributed by atoms with Gasteiger partial charge in [-0.25, -0.2) is 9.59 Å². The van der Waals surface area contributed by atoms with E-state index in [9.17, 15) is 45.3 Å². The summed E-state index contributed by atoms with van der Waals surface area (Å²) in [4.78, 5) is 22.6. The number of aliphatic hydroxyl groups excluding tert-OH is 3. The van der Waals surface area contributed by atoms with Crippen LogP contribution < -0.4 is 0 Å². The fraction of sp³-hybridized carbons (Fsp3) is 0.231. The maximum atomic E-state index is 11.3. The van der Waals surface area contributed by atoms with Crippen molar-refractivity contribution < 1.29 is 55.2 Å². The Kier molecular flexibility index (Phi) is 3.92. The lowest BCUT2D eigenvalue weighted by Crippen LogP contribution is -2.45. The molecule has 8 N–H and O–H groups in total. The highest BCUT2D eigenvalue weighted by Crippen LogP contribution is 2.47. The van der Waals surface area contributed by atoms with Crippen molar-refractivity contribution in [2.75, 3.05) is 6.61 Å². The first-order valence-corrected chi connectivity index (χ1v) is 6.24. The Bertz CT molecular complexity index is 766. The standard InChI is InChI=1S/C13H12O11/c14-2-13(23,10-8(18)9(19)12(22)24-10)5-3(11(20)21)1-4(15)6(16)7(5)17/h1,10,14-19,23H,2H2,(H,20,21)/t10-,13+/m0/s1. The second kappa shape index (κ2) is 5.47. The van der Waals surface area contributed by atoms with Gasteiger partial charge in [-0.1, -0.05) is 0 Å². The molecule has 0 aromatic heterocycles. The number of aliphatic hydroxyl groups is 4. The average Bonchev–Trinajstić information content (AvgIpc) is 2.79. The van der Waals surface area contributed by atoms with Crippen molar-refractivity contribution in [3.8, 4) is 17.2 Å². The smallest absolute Gasteiger partial charge is 0.378 e. The zero-order chi connectivity index (χ0) is 18.4. The maximum Gasteiger partial charge on any atom is 0.378 e. The molecule has 0 saturated carbocycles. The highest BCUT2D eigenvalue weighted by Gasteiger charge is 2.53. The highest BCUT2D eigenvalue weighted by molar-refractivity contribution is 5.93. The molecule has 11 nitrogen and oxygen atoms in total. The molecule has 0 bridgehead atoms. The molecule has 11 heteroatoms. The molecule has 0 amide bonds. The van der Waals surface area contributed by atoms with Gasteiger partial charge in [-0.05, 0) is 6.07 Å². The Balaban J connectivity index is 2.79. The summed E-state index contributed by atoms with van der Waals surface area (Å²) < 4.78 is 4.48. The SMILES string of the molecule is O=C1O[C@H]([C@@](O)(CO)c2c(C(=O)O)cc(O)c(O)c2O)C(O)=C1O. The number of ether oxygens (including phenoxy) is 1. The third-order valence-electron chi connectivity index (χ3n) is 3.50. The molecule has 2 atom stereocenters. The van der Waals surface area contributed by atoms with Crippen LogP contribution in [0.1, 0.15) is 15.9 Å². The van der Waals surface area contributed by atoms with E-state index in [4.69, 9.17) is 5.11 Å². The molecule has 0 spiro atoms. The topological polar surface area (TPSA) is 205 Å². The van der Waals surface area contributed by atoms with Gasteiger partial charge in [0.25, 0.3) is 0 Å². The van der Waals surface area contributed by atoms with Crippen LogP contribution >= 0.6 is 0 Å². The number of esters is 1. The number of benzene rings is 1. The van der Waals surface area contributed by atoms with Gasteiger partial charge in [0.15, 0.2) is 29.0 Å². The summed E-state index contributed by atoms with van der Waals surface area (Å²) in [7, 11) is 0. The number of carbonyl (C=O) groups excluding carboxylic acids is 1. The van der Waals surface area contributed by atoms with Gasteiger partial charge < -0.3 is 45.6 Å². The average molecular weight is 344 g/mol. The lowest BCUT2D eigenvalue weighted by Gasteiger charge is -2.32. The van der Waals surface area contributed by atoms with Crippen LogP contribution in [0.3, 0.4) is 0 Å². The third kappa shape index (κ3) is 2.23. The van der Waals surface area contributed by atoms with Crippen LogP contribution in [0.25, 0.3) is 0 Å². The molecule has 1 aliphatic rings. The van der Waals surface area contributed by atoms with Crippen molar-refractivity contribution >= 4 is 11.9 Å². The molecule has 0 radical (unpaired) electrons. The van der Waals surface area contributed by atoms with Crippen molar-refractivity contribution in [3.05, 3.63) is 28.7 Å². The molecular formula is C13H12O11. The van der Waals surface area contributed by atoms with Crippen LogP contribution in [-0.4, -0.2) is 65.5 Å². The molecule has 0 fully saturated rings. The van der Waals surface area contributed by atoms with E-state index in [0.29, 0.717) is 6.07 Å². The van der Waals surface area contributed by atoms with Crippen LogP contribution in [0.4, 0.5) is 0 Å². The first-order valence-electron chi connectivity index (χ1n) is 6.24. The van der Waals surface area contributed by atoms with Gasteiger partial charge >= 0.3 is 11.9 Å². The Hall–Kier alpha value is -3.18. The van der Waals surface area contributed by atoms with E-state index in [1.54, 1.807) is 0 Å². The number of carbonyl (C=O) groups is 2. The lowest BCUT2D eigenvalue weighted by atomic mass is 9.83. The summed E-state index contributed by atoms with van der Waals surface area (Å²) in [6.45, 7) is -1.40. The predicted octanol–water partition coefficient (Wildman–Crippen LogP) is -1.07. The highest BCUT2D eigenvalue weighted by atomic mass is 16.6. The fourth-order valence-electron chi connectivity index (χ4n) is 2.32. The first kappa shape index (κ1) is 17.2. The normalized spacial score (nSPS) is 19.9. The van der Waals surface area contributed by atoms with E-state index < -0.39 is 70.1 Å². The number of phenolic OH excluding ortho intramolecular Hbond substituents is 3. The Labute approximate surface area is 132 Å². The van der Waals surface area contributed by atoms with Crippen LogP contribution in [0.15, 0.2) is 17.6 Å². The van der Waals surface area contributed by atoms with Crippen molar-refractivity contribution in [1.29, 1.82) is 0 Å². The minimum atomic E-state index is -2.97. The number of cyclic esters (lactones) is 1. The summed E-state index contributed by atoms with van der Waals surface area (Å²) in [5, 5.41) is 77.0. The molecule has 0 unspecified atom stereocenters. The van der Waals surface area contributed by atoms with Gasteiger partial charge in [0.05, 0.1) is 17.7 Å². The summed E-state index contributed by atoms with van der Waals surface area (Å²) in [6, 6.07) is 0.463. The molecule has 1 heterocycles. The van der Waals surface area contributed by atoms with Crippen molar-refractivity contribution in [2.24, 2.45) is 0 Å². The number of hydrogen-bond acceptors (Lipinski definition) is 10. The quantitative estimate of drug-likeness (QED) is 0.244. The Morgan fingerprint density at radius 2 is 1.75 bits per heavy atom. The molecule has 130 valence electrons. The molecule has 1 aromatic carbocycles. The van der Waals surface area contributed by atoms with E-state index in [2.05, 4.69) is 4.74 Å². The van der Waals surface area contributed by atoms with Gasteiger partial charge in [-0.2, -0.15) is 0 Å². The van der Waals surface area contributed by atoms with Crippen LogP contribution in [0.2, 0.25) is 0 Å². The number of carboxylic acids is 1. The summed E-state index contributed by atoms with van der Waals surface area (Å²) in [5.41, 5.74) is -4.98. The number of aromatic carboxylic acids is 1. The summed E-state index contributed by atoms with van der Waals surface area (Å²) >= 11 is 0. The molecule has 0 aliphatic carbocycles.